The zero-order valence-corrected chi connectivity index (χ0v) is 8.75. The van der Waals surface area contributed by atoms with Crippen LogP contribution in [0.1, 0.15) is 21.9 Å². The summed E-state index contributed by atoms with van der Waals surface area (Å²) in [6.45, 7) is 2.95. The molecule has 1 amide bonds. The molecule has 76 valence electrons. The second-order valence-electron chi connectivity index (χ2n) is 3.45. The van der Waals surface area contributed by atoms with Gasteiger partial charge in [-0.05, 0) is 13.3 Å². The van der Waals surface area contributed by atoms with E-state index in [0.29, 0.717) is 25.2 Å². The van der Waals surface area contributed by atoms with Crippen LogP contribution in [-0.4, -0.2) is 40.1 Å². The first kappa shape index (κ1) is 9.61. The van der Waals surface area contributed by atoms with Crippen LogP contribution in [0.5, 0.6) is 0 Å². The van der Waals surface area contributed by atoms with E-state index in [2.05, 4.69) is 4.98 Å². The van der Waals surface area contributed by atoms with Gasteiger partial charge >= 0.3 is 0 Å². The van der Waals surface area contributed by atoms with Crippen LogP contribution in [0.15, 0.2) is 5.38 Å². The van der Waals surface area contributed by atoms with Crippen LogP contribution in [0, 0.1) is 6.92 Å². The highest BCUT2D eigenvalue weighted by Crippen LogP contribution is 2.15. The molecular formula is C9H12N2O2S. The molecule has 14 heavy (non-hydrogen) atoms. The number of aryl methyl sites for hydroxylation is 1. The van der Waals surface area contributed by atoms with E-state index in [1.807, 2.05) is 6.92 Å². The van der Waals surface area contributed by atoms with Crippen molar-refractivity contribution in [1.29, 1.82) is 0 Å². The molecule has 0 saturated carbocycles. The highest BCUT2D eigenvalue weighted by Gasteiger charge is 2.26. The van der Waals surface area contributed by atoms with E-state index in [-0.39, 0.29) is 12.0 Å². The molecule has 1 atom stereocenters. The van der Waals surface area contributed by atoms with Gasteiger partial charge in [-0.1, -0.05) is 0 Å². The molecule has 1 aliphatic rings. The van der Waals surface area contributed by atoms with Gasteiger partial charge in [-0.25, -0.2) is 4.98 Å². The lowest BCUT2D eigenvalue weighted by Crippen LogP contribution is -2.29. The predicted octanol–water partition coefficient (Wildman–Crippen LogP) is 0.658. The van der Waals surface area contributed by atoms with E-state index in [1.165, 1.54) is 11.3 Å². The molecule has 2 heterocycles. The van der Waals surface area contributed by atoms with Crippen molar-refractivity contribution in [1.82, 2.24) is 9.88 Å². The summed E-state index contributed by atoms with van der Waals surface area (Å²) in [5.74, 6) is -0.0640. The highest BCUT2D eigenvalue weighted by atomic mass is 32.1. The average Bonchev–Trinajstić information content (AvgIpc) is 2.73. The molecule has 1 aliphatic heterocycles. The van der Waals surface area contributed by atoms with Crippen LogP contribution in [0.3, 0.4) is 0 Å². The smallest absolute Gasteiger partial charge is 0.273 e. The lowest BCUT2D eigenvalue weighted by molar-refractivity contribution is 0.0760. The molecule has 1 saturated heterocycles. The lowest BCUT2D eigenvalue weighted by atomic mass is 10.3. The normalized spacial score (nSPS) is 21.6. The van der Waals surface area contributed by atoms with Crippen LogP contribution in [-0.2, 0) is 0 Å². The van der Waals surface area contributed by atoms with Gasteiger partial charge in [0.1, 0.15) is 5.69 Å². The quantitative estimate of drug-likeness (QED) is 0.744. The molecule has 0 radical (unpaired) electrons. The first-order valence-electron chi connectivity index (χ1n) is 4.56. The number of aliphatic hydroxyl groups is 1. The number of aliphatic hydroxyl groups excluding tert-OH is 1. The van der Waals surface area contributed by atoms with Crippen molar-refractivity contribution in [3.63, 3.8) is 0 Å². The van der Waals surface area contributed by atoms with E-state index in [0.717, 1.165) is 5.01 Å². The molecule has 4 nitrogen and oxygen atoms in total. The molecule has 1 fully saturated rings. The monoisotopic (exact) mass is 212 g/mol. The summed E-state index contributed by atoms with van der Waals surface area (Å²) in [6, 6.07) is 0. The van der Waals surface area contributed by atoms with Crippen LogP contribution in [0.2, 0.25) is 0 Å². The highest BCUT2D eigenvalue weighted by molar-refractivity contribution is 7.09. The maximum absolute atomic E-state index is 11.8. The minimum atomic E-state index is -0.362. The third-order valence-corrected chi connectivity index (χ3v) is 3.06. The van der Waals surface area contributed by atoms with Gasteiger partial charge in [0.05, 0.1) is 11.1 Å². The van der Waals surface area contributed by atoms with E-state index in [4.69, 9.17) is 0 Å². The Morgan fingerprint density at radius 2 is 2.57 bits per heavy atom. The van der Waals surface area contributed by atoms with Crippen LogP contribution in [0.25, 0.3) is 0 Å². The number of hydrogen-bond donors (Lipinski definition) is 1. The van der Waals surface area contributed by atoms with E-state index < -0.39 is 0 Å². The minimum Gasteiger partial charge on any atom is -0.391 e. The molecule has 5 heteroatoms. The second-order valence-corrected chi connectivity index (χ2v) is 4.51. The van der Waals surface area contributed by atoms with Gasteiger partial charge in [-0.3, -0.25) is 4.79 Å². The molecule has 1 aromatic heterocycles. The van der Waals surface area contributed by atoms with Crippen molar-refractivity contribution in [2.24, 2.45) is 0 Å². The lowest BCUT2D eigenvalue weighted by Gasteiger charge is -2.13. The molecule has 0 aromatic carbocycles. The van der Waals surface area contributed by atoms with Gasteiger partial charge in [-0.2, -0.15) is 0 Å². The summed E-state index contributed by atoms with van der Waals surface area (Å²) >= 11 is 1.47. The van der Waals surface area contributed by atoms with Crippen LogP contribution < -0.4 is 0 Å². The molecule has 1 unspecified atom stereocenters. The summed E-state index contributed by atoms with van der Waals surface area (Å²) in [6.07, 6.45) is 0.313. The van der Waals surface area contributed by atoms with Gasteiger partial charge in [0.2, 0.25) is 0 Å². The molecule has 1 aromatic rings. The fourth-order valence-electron chi connectivity index (χ4n) is 1.55. The third-order valence-electron chi connectivity index (χ3n) is 2.29. The first-order chi connectivity index (χ1) is 6.66. The number of aromatic nitrogens is 1. The Morgan fingerprint density at radius 1 is 1.79 bits per heavy atom. The standard InChI is InChI=1S/C9H12N2O2S/c1-6-10-8(5-14-6)9(13)11-3-2-7(12)4-11/h5,7,12H,2-4H2,1H3. The maximum Gasteiger partial charge on any atom is 0.273 e. The molecule has 0 aliphatic carbocycles. The first-order valence-corrected chi connectivity index (χ1v) is 5.44. The van der Waals surface area contributed by atoms with E-state index in [9.17, 15) is 9.90 Å². The van der Waals surface area contributed by atoms with Gasteiger partial charge in [0.15, 0.2) is 0 Å². The Balaban J connectivity index is 2.09. The second kappa shape index (κ2) is 3.67. The number of carbonyl (C=O) groups excluding carboxylic acids is 1. The van der Waals surface area contributed by atoms with Crippen molar-refractivity contribution >= 4 is 17.2 Å². The van der Waals surface area contributed by atoms with Gasteiger partial charge in [0.25, 0.3) is 5.91 Å². The number of thiazole rings is 1. The molecule has 1 N–H and O–H groups in total. The number of likely N-dealkylation sites (tertiary alicyclic amines) is 1. The van der Waals surface area contributed by atoms with E-state index >= 15 is 0 Å². The topological polar surface area (TPSA) is 53.4 Å². The SMILES string of the molecule is Cc1nc(C(=O)N2CCC(O)C2)cs1. The summed E-state index contributed by atoms with van der Waals surface area (Å²) in [5, 5.41) is 12.0. The molecule has 0 bridgehead atoms. The summed E-state index contributed by atoms with van der Waals surface area (Å²) in [7, 11) is 0. The van der Waals surface area contributed by atoms with Gasteiger partial charge in [-0.15, -0.1) is 11.3 Å². The molecular weight excluding hydrogens is 200 g/mol. The zero-order valence-electron chi connectivity index (χ0n) is 7.93. The summed E-state index contributed by atoms with van der Waals surface area (Å²) < 4.78 is 0. The largest absolute Gasteiger partial charge is 0.391 e. The Labute approximate surface area is 86.2 Å². The maximum atomic E-state index is 11.8. The van der Waals surface area contributed by atoms with Crippen molar-refractivity contribution in [3.05, 3.63) is 16.1 Å². The van der Waals surface area contributed by atoms with Crippen molar-refractivity contribution in [2.75, 3.05) is 13.1 Å². The zero-order chi connectivity index (χ0) is 10.1. The fourth-order valence-corrected chi connectivity index (χ4v) is 2.14. The van der Waals surface area contributed by atoms with Crippen molar-refractivity contribution in [2.45, 2.75) is 19.4 Å². The third kappa shape index (κ3) is 1.78. The molecule has 0 spiro atoms. The summed E-state index contributed by atoms with van der Waals surface area (Å²) in [5.41, 5.74) is 0.501. The molecule has 2 rings (SSSR count). The Kier molecular flexibility index (Phi) is 2.52. The Hall–Kier alpha value is -0.940. The van der Waals surface area contributed by atoms with Gasteiger partial charge < -0.3 is 10.0 Å². The number of carbonyl (C=O) groups is 1. The Bertz CT molecular complexity index is 350. The van der Waals surface area contributed by atoms with E-state index in [1.54, 1.807) is 10.3 Å². The minimum absolute atomic E-state index is 0.0640. The predicted molar refractivity (Wildman–Crippen MR) is 53.4 cm³/mol. The van der Waals surface area contributed by atoms with Crippen LogP contribution >= 0.6 is 11.3 Å². The van der Waals surface area contributed by atoms with Crippen molar-refractivity contribution < 1.29 is 9.90 Å². The van der Waals surface area contributed by atoms with Gasteiger partial charge in [0, 0.05) is 18.5 Å². The number of amides is 1. The average molecular weight is 212 g/mol. The Morgan fingerprint density at radius 3 is 3.07 bits per heavy atom. The number of β-amino-alcohol motifs (C(OH)–C–C–N with tert-alkyl or cyclic N) is 1. The number of hydrogen-bond acceptors (Lipinski definition) is 4. The fraction of sp³-hybridized carbons (Fsp3) is 0.556. The van der Waals surface area contributed by atoms with Crippen LogP contribution in [0.4, 0.5) is 0 Å². The number of nitrogens with zero attached hydrogens (tertiary/aromatic N) is 2. The summed E-state index contributed by atoms with van der Waals surface area (Å²) in [4.78, 5) is 17.5. The number of rotatable bonds is 1. The van der Waals surface area contributed by atoms with Crippen molar-refractivity contribution in [3.8, 4) is 0 Å².